The number of fused-ring (bicyclic) bond motifs is 3. The van der Waals surface area contributed by atoms with E-state index >= 15 is 0 Å². The van der Waals surface area contributed by atoms with Gasteiger partial charge in [0.25, 0.3) is 0 Å². The molecule has 1 amide bonds. The van der Waals surface area contributed by atoms with Crippen molar-refractivity contribution in [1.29, 1.82) is 0 Å². The number of thiophene rings is 1. The van der Waals surface area contributed by atoms with E-state index in [1.165, 1.54) is 28.5 Å². The molecule has 2 saturated heterocycles. The van der Waals surface area contributed by atoms with Gasteiger partial charge in [0.1, 0.15) is 0 Å². The highest BCUT2D eigenvalue weighted by Crippen LogP contribution is 2.30. The highest BCUT2D eigenvalue weighted by molar-refractivity contribution is 7.17. The number of carbonyl (C=O) groups excluding carboxylic acids is 1. The van der Waals surface area contributed by atoms with Crippen molar-refractivity contribution >= 4 is 27.3 Å². The molecule has 3 nitrogen and oxygen atoms in total. The SMILES string of the molecule is CN(C(=O)Cc1csc2ccccc12)C1CC2CCC(C1)N2. The Bertz CT molecular complexity index is 683. The first-order valence-corrected chi connectivity index (χ1v) is 9.05. The van der Waals surface area contributed by atoms with E-state index in [0.29, 0.717) is 24.5 Å². The van der Waals surface area contributed by atoms with Crippen LogP contribution in [0, 0.1) is 0 Å². The van der Waals surface area contributed by atoms with E-state index in [2.05, 4.69) is 35.0 Å². The van der Waals surface area contributed by atoms with Crippen LogP contribution in [0.5, 0.6) is 0 Å². The summed E-state index contributed by atoms with van der Waals surface area (Å²) in [7, 11) is 1.99. The van der Waals surface area contributed by atoms with Crippen LogP contribution in [0.15, 0.2) is 29.6 Å². The highest BCUT2D eigenvalue weighted by atomic mass is 32.1. The van der Waals surface area contributed by atoms with Crippen LogP contribution in [-0.2, 0) is 11.2 Å². The summed E-state index contributed by atoms with van der Waals surface area (Å²) in [4.78, 5) is 14.7. The Labute approximate surface area is 135 Å². The molecule has 1 aromatic heterocycles. The van der Waals surface area contributed by atoms with E-state index in [0.717, 1.165) is 12.8 Å². The van der Waals surface area contributed by atoms with Gasteiger partial charge >= 0.3 is 0 Å². The lowest BCUT2D eigenvalue weighted by Crippen LogP contribution is -2.49. The molecule has 2 fully saturated rings. The zero-order chi connectivity index (χ0) is 15.1. The number of likely N-dealkylation sites (N-methyl/N-ethyl adjacent to an activating group) is 1. The van der Waals surface area contributed by atoms with Crippen molar-refractivity contribution in [3.8, 4) is 0 Å². The molecular weight excluding hydrogens is 292 g/mol. The Balaban J connectivity index is 1.47. The van der Waals surface area contributed by atoms with Gasteiger partial charge < -0.3 is 10.2 Å². The molecular formula is C18H22N2OS. The van der Waals surface area contributed by atoms with Gasteiger partial charge in [0.2, 0.25) is 5.91 Å². The van der Waals surface area contributed by atoms with Crippen LogP contribution >= 0.6 is 11.3 Å². The first-order chi connectivity index (χ1) is 10.7. The number of rotatable bonds is 3. The van der Waals surface area contributed by atoms with Gasteiger partial charge in [-0.3, -0.25) is 4.79 Å². The Morgan fingerprint density at radius 3 is 2.77 bits per heavy atom. The second kappa shape index (κ2) is 5.67. The molecule has 3 heterocycles. The smallest absolute Gasteiger partial charge is 0.227 e. The van der Waals surface area contributed by atoms with E-state index in [4.69, 9.17) is 0 Å². The molecule has 4 rings (SSSR count). The summed E-state index contributed by atoms with van der Waals surface area (Å²) in [5.41, 5.74) is 1.18. The molecule has 4 heteroatoms. The molecule has 0 spiro atoms. The third-order valence-corrected chi connectivity index (χ3v) is 6.30. The minimum atomic E-state index is 0.259. The Kier molecular flexibility index (Phi) is 3.66. The summed E-state index contributed by atoms with van der Waals surface area (Å²) in [6.45, 7) is 0. The minimum Gasteiger partial charge on any atom is -0.342 e. The first-order valence-electron chi connectivity index (χ1n) is 8.17. The normalized spacial score (nSPS) is 27.2. The average molecular weight is 314 g/mol. The lowest BCUT2D eigenvalue weighted by atomic mass is 9.98. The van der Waals surface area contributed by atoms with Gasteiger partial charge in [-0.05, 0) is 48.1 Å². The minimum absolute atomic E-state index is 0.259. The molecule has 1 aromatic carbocycles. The number of piperidine rings is 1. The summed E-state index contributed by atoms with van der Waals surface area (Å²) < 4.78 is 1.27. The number of hydrogen-bond donors (Lipinski definition) is 1. The van der Waals surface area contributed by atoms with Gasteiger partial charge in [0.15, 0.2) is 0 Å². The molecule has 2 aliphatic heterocycles. The fraction of sp³-hybridized carbons (Fsp3) is 0.500. The van der Waals surface area contributed by atoms with Crippen LogP contribution in [0.25, 0.3) is 10.1 Å². The van der Waals surface area contributed by atoms with Gasteiger partial charge in [-0.25, -0.2) is 0 Å². The van der Waals surface area contributed by atoms with E-state index in [1.54, 1.807) is 11.3 Å². The average Bonchev–Trinajstić information content (AvgIpc) is 3.10. The number of nitrogens with zero attached hydrogens (tertiary/aromatic N) is 1. The van der Waals surface area contributed by atoms with Crippen LogP contribution in [-0.4, -0.2) is 36.0 Å². The standard InChI is InChI=1S/C18H22N2OS/c1-20(15-9-13-6-7-14(10-15)19-13)18(21)8-12-11-22-17-5-3-2-4-16(12)17/h2-5,11,13-15,19H,6-10H2,1H3. The van der Waals surface area contributed by atoms with E-state index < -0.39 is 0 Å². The number of hydrogen-bond acceptors (Lipinski definition) is 3. The van der Waals surface area contributed by atoms with Crippen LogP contribution in [0.4, 0.5) is 0 Å². The third-order valence-electron chi connectivity index (χ3n) is 5.29. The number of amides is 1. The fourth-order valence-electron chi connectivity index (χ4n) is 4.00. The van der Waals surface area contributed by atoms with Crippen molar-refractivity contribution in [2.75, 3.05) is 7.05 Å². The molecule has 0 saturated carbocycles. The third kappa shape index (κ3) is 2.55. The maximum Gasteiger partial charge on any atom is 0.227 e. The summed E-state index contributed by atoms with van der Waals surface area (Å²) >= 11 is 1.73. The highest BCUT2D eigenvalue weighted by Gasteiger charge is 2.36. The lowest BCUT2D eigenvalue weighted by molar-refractivity contribution is -0.131. The van der Waals surface area contributed by atoms with Crippen LogP contribution in [0.1, 0.15) is 31.2 Å². The molecule has 2 aromatic rings. The van der Waals surface area contributed by atoms with Gasteiger partial charge in [-0.15, -0.1) is 11.3 Å². The maximum atomic E-state index is 12.7. The van der Waals surface area contributed by atoms with Crippen molar-refractivity contribution in [1.82, 2.24) is 10.2 Å². The number of nitrogens with one attached hydrogen (secondary N) is 1. The zero-order valence-corrected chi connectivity index (χ0v) is 13.7. The van der Waals surface area contributed by atoms with E-state index in [9.17, 15) is 4.79 Å². The van der Waals surface area contributed by atoms with Gasteiger partial charge in [0, 0.05) is 29.9 Å². The molecule has 2 bridgehead atoms. The molecule has 116 valence electrons. The lowest BCUT2D eigenvalue weighted by Gasteiger charge is -2.35. The molecule has 22 heavy (non-hydrogen) atoms. The van der Waals surface area contributed by atoms with Crippen LogP contribution < -0.4 is 5.32 Å². The van der Waals surface area contributed by atoms with Gasteiger partial charge in [-0.2, -0.15) is 0 Å². The number of benzene rings is 1. The Morgan fingerprint density at radius 2 is 2.00 bits per heavy atom. The molecule has 0 aliphatic carbocycles. The summed E-state index contributed by atoms with van der Waals surface area (Å²) in [5.74, 6) is 0.259. The van der Waals surface area contributed by atoms with E-state index in [1.807, 2.05) is 11.9 Å². The molecule has 2 atom stereocenters. The van der Waals surface area contributed by atoms with Gasteiger partial charge in [-0.1, -0.05) is 18.2 Å². The predicted molar refractivity (Wildman–Crippen MR) is 91.3 cm³/mol. The first kappa shape index (κ1) is 14.2. The monoisotopic (exact) mass is 314 g/mol. The van der Waals surface area contributed by atoms with Crippen molar-refractivity contribution in [2.45, 2.75) is 50.2 Å². The van der Waals surface area contributed by atoms with Gasteiger partial charge in [0.05, 0.1) is 6.42 Å². The van der Waals surface area contributed by atoms with Crippen molar-refractivity contribution in [3.05, 3.63) is 35.2 Å². The Hall–Kier alpha value is -1.39. The summed E-state index contributed by atoms with van der Waals surface area (Å²) in [6.07, 6.45) is 5.31. The topological polar surface area (TPSA) is 32.3 Å². The fourth-order valence-corrected chi connectivity index (χ4v) is 4.97. The number of carbonyl (C=O) groups is 1. The van der Waals surface area contributed by atoms with E-state index in [-0.39, 0.29) is 5.91 Å². The second-order valence-corrected chi connectivity index (χ2v) is 7.61. The summed E-state index contributed by atoms with van der Waals surface area (Å²) in [6, 6.07) is 10.0. The predicted octanol–water partition coefficient (Wildman–Crippen LogP) is 3.19. The maximum absolute atomic E-state index is 12.7. The largest absolute Gasteiger partial charge is 0.342 e. The van der Waals surface area contributed by atoms with Crippen molar-refractivity contribution < 1.29 is 4.79 Å². The molecule has 2 aliphatic rings. The second-order valence-electron chi connectivity index (χ2n) is 6.70. The molecule has 0 radical (unpaired) electrons. The van der Waals surface area contributed by atoms with Crippen molar-refractivity contribution in [2.24, 2.45) is 0 Å². The van der Waals surface area contributed by atoms with Crippen molar-refractivity contribution in [3.63, 3.8) is 0 Å². The summed E-state index contributed by atoms with van der Waals surface area (Å²) in [5, 5.41) is 7.02. The quantitative estimate of drug-likeness (QED) is 0.943. The Morgan fingerprint density at radius 1 is 1.27 bits per heavy atom. The molecule has 2 unspecified atom stereocenters. The molecule has 1 N–H and O–H groups in total. The zero-order valence-electron chi connectivity index (χ0n) is 12.9. The van der Waals surface area contributed by atoms with Crippen LogP contribution in [0.2, 0.25) is 0 Å². The van der Waals surface area contributed by atoms with Crippen LogP contribution in [0.3, 0.4) is 0 Å².